The molecule has 2 aromatic rings. The molecule has 2 aromatic carbocycles. The van der Waals surface area contributed by atoms with Gasteiger partial charge in [0.15, 0.2) is 0 Å². The van der Waals surface area contributed by atoms with Gasteiger partial charge >= 0.3 is 6.61 Å². The third-order valence-electron chi connectivity index (χ3n) is 4.65. The van der Waals surface area contributed by atoms with Gasteiger partial charge in [-0.3, -0.25) is 9.69 Å². The standard InChI is InChI=1S/C21H24F2N2O2/c1-24(15-17-6-10-19(11-7-17)27-21(22)23)14-16-4-8-18(9-5-16)20(26)25-12-2-3-13-25/h4-11,21H,2-3,12-15H2,1H3. The molecule has 1 aliphatic heterocycles. The average molecular weight is 374 g/mol. The number of nitrogens with zero attached hydrogens (tertiary/aromatic N) is 2. The van der Waals surface area contributed by atoms with Crippen molar-refractivity contribution in [2.75, 3.05) is 20.1 Å². The average Bonchev–Trinajstić information content (AvgIpc) is 3.18. The Morgan fingerprint density at radius 2 is 1.52 bits per heavy atom. The third-order valence-corrected chi connectivity index (χ3v) is 4.65. The van der Waals surface area contributed by atoms with E-state index in [9.17, 15) is 13.6 Å². The highest BCUT2D eigenvalue weighted by molar-refractivity contribution is 5.94. The van der Waals surface area contributed by atoms with E-state index in [0.717, 1.165) is 49.2 Å². The van der Waals surface area contributed by atoms with Crippen LogP contribution in [0.4, 0.5) is 8.78 Å². The van der Waals surface area contributed by atoms with E-state index in [2.05, 4.69) is 9.64 Å². The molecule has 0 radical (unpaired) electrons. The van der Waals surface area contributed by atoms with Crippen molar-refractivity contribution in [1.29, 1.82) is 0 Å². The summed E-state index contributed by atoms with van der Waals surface area (Å²) in [6.07, 6.45) is 2.17. The SMILES string of the molecule is CN(Cc1ccc(OC(F)F)cc1)Cc1ccc(C(=O)N2CCCC2)cc1. The van der Waals surface area contributed by atoms with Crippen LogP contribution in [0.25, 0.3) is 0 Å². The molecule has 0 spiro atoms. The minimum Gasteiger partial charge on any atom is -0.435 e. The minimum absolute atomic E-state index is 0.110. The Hall–Kier alpha value is -2.47. The van der Waals surface area contributed by atoms with Gasteiger partial charge in [0, 0.05) is 31.7 Å². The quantitative estimate of drug-likeness (QED) is 0.730. The molecular weight excluding hydrogens is 350 g/mol. The van der Waals surface area contributed by atoms with E-state index in [-0.39, 0.29) is 11.7 Å². The first-order valence-electron chi connectivity index (χ1n) is 9.12. The molecule has 3 rings (SSSR count). The number of benzene rings is 2. The van der Waals surface area contributed by atoms with Crippen molar-refractivity contribution in [2.45, 2.75) is 32.5 Å². The lowest BCUT2D eigenvalue weighted by molar-refractivity contribution is -0.0498. The predicted octanol–water partition coefficient (Wildman–Crippen LogP) is 4.16. The third kappa shape index (κ3) is 5.50. The summed E-state index contributed by atoms with van der Waals surface area (Å²) in [5.41, 5.74) is 2.87. The number of rotatable bonds is 7. The first-order chi connectivity index (χ1) is 13.0. The fraction of sp³-hybridized carbons (Fsp3) is 0.381. The maximum Gasteiger partial charge on any atom is 0.387 e. The van der Waals surface area contributed by atoms with E-state index in [0.29, 0.717) is 6.54 Å². The van der Waals surface area contributed by atoms with Crippen molar-refractivity contribution in [3.05, 3.63) is 65.2 Å². The number of likely N-dealkylation sites (tertiary alicyclic amines) is 1. The molecule has 1 saturated heterocycles. The number of alkyl halides is 2. The second-order valence-electron chi connectivity index (χ2n) is 6.89. The molecule has 27 heavy (non-hydrogen) atoms. The molecular formula is C21H24F2N2O2. The number of hydrogen-bond donors (Lipinski definition) is 0. The van der Waals surface area contributed by atoms with Crippen LogP contribution in [-0.2, 0) is 13.1 Å². The minimum atomic E-state index is -2.81. The van der Waals surface area contributed by atoms with E-state index >= 15 is 0 Å². The lowest BCUT2D eigenvalue weighted by Gasteiger charge is -2.18. The highest BCUT2D eigenvalue weighted by Gasteiger charge is 2.19. The predicted molar refractivity (Wildman–Crippen MR) is 99.8 cm³/mol. The Bertz CT molecular complexity index is 742. The summed E-state index contributed by atoms with van der Waals surface area (Å²) < 4.78 is 28.7. The number of carbonyl (C=O) groups excluding carboxylic acids is 1. The number of amides is 1. The molecule has 1 amide bonds. The molecule has 0 N–H and O–H groups in total. The van der Waals surface area contributed by atoms with Crippen LogP contribution in [0.5, 0.6) is 5.75 Å². The monoisotopic (exact) mass is 374 g/mol. The fourth-order valence-electron chi connectivity index (χ4n) is 3.31. The van der Waals surface area contributed by atoms with Crippen molar-refractivity contribution in [3.8, 4) is 5.75 Å². The van der Waals surface area contributed by atoms with Crippen LogP contribution in [-0.4, -0.2) is 42.5 Å². The molecule has 1 fully saturated rings. The lowest BCUT2D eigenvalue weighted by atomic mass is 10.1. The van der Waals surface area contributed by atoms with Crippen molar-refractivity contribution >= 4 is 5.91 Å². The van der Waals surface area contributed by atoms with Gasteiger partial charge in [-0.25, -0.2) is 0 Å². The van der Waals surface area contributed by atoms with E-state index in [1.807, 2.05) is 36.2 Å². The topological polar surface area (TPSA) is 32.8 Å². The molecule has 0 unspecified atom stereocenters. The highest BCUT2D eigenvalue weighted by atomic mass is 19.3. The van der Waals surface area contributed by atoms with Gasteiger partial charge < -0.3 is 9.64 Å². The number of carbonyl (C=O) groups is 1. The summed E-state index contributed by atoms with van der Waals surface area (Å²) in [4.78, 5) is 16.4. The Labute approximate surface area is 158 Å². The normalized spacial score (nSPS) is 14.2. The van der Waals surface area contributed by atoms with E-state index in [1.54, 1.807) is 24.3 Å². The van der Waals surface area contributed by atoms with Gasteiger partial charge in [-0.2, -0.15) is 8.78 Å². The van der Waals surface area contributed by atoms with Crippen LogP contribution in [0.1, 0.15) is 34.3 Å². The van der Waals surface area contributed by atoms with Crippen molar-refractivity contribution in [2.24, 2.45) is 0 Å². The molecule has 0 aromatic heterocycles. The molecule has 0 aliphatic carbocycles. The van der Waals surface area contributed by atoms with E-state index in [4.69, 9.17) is 0 Å². The number of halogens is 2. The number of ether oxygens (including phenoxy) is 1. The van der Waals surface area contributed by atoms with Crippen LogP contribution in [0.15, 0.2) is 48.5 Å². The smallest absolute Gasteiger partial charge is 0.387 e. The molecule has 0 saturated carbocycles. The molecule has 0 bridgehead atoms. The van der Waals surface area contributed by atoms with Gasteiger partial charge in [-0.1, -0.05) is 24.3 Å². The van der Waals surface area contributed by atoms with Gasteiger partial charge in [0.1, 0.15) is 5.75 Å². The van der Waals surface area contributed by atoms with Crippen molar-refractivity contribution in [1.82, 2.24) is 9.80 Å². The zero-order chi connectivity index (χ0) is 19.2. The van der Waals surface area contributed by atoms with E-state index < -0.39 is 6.61 Å². The second kappa shape index (κ2) is 8.95. The lowest BCUT2D eigenvalue weighted by Crippen LogP contribution is -2.27. The van der Waals surface area contributed by atoms with Gasteiger partial charge in [-0.15, -0.1) is 0 Å². The first kappa shape index (κ1) is 19.3. The molecule has 6 heteroatoms. The fourth-order valence-corrected chi connectivity index (χ4v) is 3.31. The van der Waals surface area contributed by atoms with Crippen LogP contribution in [0.2, 0.25) is 0 Å². The van der Waals surface area contributed by atoms with Gasteiger partial charge in [0.2, 0.25) is 0 Å². The summed E-state index contributed by atoms with van der Waals surface area (Å²) in [6, 6.07) is 14.4. The largest absolute Gasteiger partial charge is 0.435 e. The Morgan fingerprint density at radius 1 is 1.00 bits per heavy atom. The molecule has 0 atom stereocenters. The summed E-state index contributed by atoms with van der Waals surface area (Å²) in [6.45, 7) is 0.310. The Kier molecular flexibility index (Phi) is 6.40. The number of hydrogen-bond acceptors (Lipinski definition) is 3. The Morgan fingerprint density at radius 3 is 2.04 bits per heavy atom. The maximum atomic E-state index is 12.4. The summed E-state index contributed by atoms with van der Waals surface area (Å²) in [7, 11) is 1.99. The van der Waals surface area contributed by atoms with Crippen LogP contribution in [0.3, 0.4) is 0 Å². The zero-order valence-corrected chi connectivity index (χ0v) is 15.4. The molecule has 1 heterocycles. The van der Waals surface area contributed by atoms with Crippen LogP contribution >= 0.6 is 0 Å². The Balaban J connectivity index is 1.53. The van der Waals surface area contributed by atoms with Gasteiger partial charge in [0.05, 0.1) is 0 Å². The first-order valence-corrected chi connectivity index (χ1v) is 9.12. The summed E-state index contributed by atoms with van der Waals surface area (Å²) in [5.74, 6) is 0.271. The zero-order valence-electron chi connectivity index (χ0n) is 15.4. The summed E-state index contributed by atoms with van der Waals surface area (Å²) >= 11 is 0. The van der Waals surface area contributed by atoms with Gasteiger partial charge in [0.25, 0.3) is 5.91 Å². The van der Waals surface area contributed by atoms with Crippen LogP contribution in [0, 0.1) is 0 Å². The van der Waals surface area contributed by atoms with Crippen LogP contribution < -0.4 is 4.74 Å². The maximum absolute atomic E-state index is 12.4. The second-order valence-corrected chi connectivity index (χ2v) is 6.89. The van der Waals surface area contributed by atoms with Crippen molar-refractivity contribution < 1.29 is 18.3 Å². The summed E-state index contributed by atoms with van der Waals surface area (Å²) in [5, 5.41) is 0. The highest BCUT2D eigenvalue weighted by Crippen LogP contribution is 2.17. The van der Waals surface area contributed by atoms with Gasteiger partial charge in [-0.05, 0) is 55.3 Å². The van der Waals surface area contributed by atoms with E-state index in [1.165, 1.54) is 0 Å². The molecule has 144 valence electrons. The molecule has 1 aliphatic rings. The van der Waals surface area contributed by atoms with Crippen molar-refractivity contribution in [3.63, 3.8) is 0 Å². The molecule has 4 nitrogen and oxygen atoms in total.